The number of benzene rings is 3. The van der Waals surface area contributed by atoms with Gasteiger partial charge in [0.15, 0.2) is 0 Å². The number of carbonyl (C=O) groups is 2. The second kappa shape index (κ2) is 6.54. The zero-order chi connectivity index (χ0) is 17.1. The van der Waals surface area contributed by atoms with Gasteiger partial charge in [0.1, 0.15) is 0 Å². The molecule has 0 heterocycles. The summed E-state index contributed by atoms with van der Waals surface area (Å²) in [6.45, 7) is 3.33. The van der Waals surface area contributed by atoms with Crippen LogP contribution in [0.2, 0.25) is 0 Å². The first-order valence-corrected chi connectivity index (χ1v) is 7.71. The second-order valence-corrected chi connectivity index (χ2v) is 5.73. The Hall–Kier alpha value is -3.14. The van der Waals surface area contributed by atoms with E-state index in [9.17, 15) is 9.59 Å². The van der Waals surface area contributed by atoms with E-state index in [-0.39, 0.29) is 11.8 Å². The highest BCUT2D eigenvalue weighted by molar-refractivity contribution is 6.06. The summed E-state index contributed by atoms with van der Waals surface area (Å²) in [4.78, 5) is 23.7. The van der Waals surface area contributed by atoms with E-state index in [4.69, 9.17) is 0 Å². The van der Waals surface area contributed by atoms with Crippen molar-refractivity contribution in [2.75, 3.05) is 10.6 Å². The Morgan fingerprint density at radius 1 is 0.833 bits per heavy atom. The van der Waals surface area contributed by atoms with Crippen molar-refractivity contribution in [3.8, 4) is 0 Å². The molecule has 0 radical (unpaired) electrons. The van der Waals surface area contributed by atoms with Gasteiger partial charge in [0, 0.05) is 23.9 Å². The lowest BCUT2D eigenvalue weighted by Crippen LogP contribution is -2.13. The van der Waals surface area contributed by atoms with E-state index in [0.717, 1.165) is 22.0 Å². The van der Waals surface area contributed by atoms with Crippen molar-refractivity contribution in [2.24, 2.45) is 0 Å². The van der Waals surface area contributed by atoms with Crippen molar-refractivity contribution >= 4 is 34.0 Å². The standard InChI is InChI=1S/C20H18N2O2/c1-13-7-8-17(12-19(13)21-14(2)23)20(24)22-18-10-9-15-5-3-4-6-16(15)11-18/h3-12H,1-2H3,(H,21,23)(H,22,24). The van der Waals surface area contributed by atoms with E-state index in [1.807, 2.05) is 55.5 Å². The summed E-state index contributed by atoms with van der Waals surface area (Å²) >= 11 is 0. The summed E-state index contributed by atoms with van der Waals surface area (Å²) in [5.41, 5.74) is 2.79. The van der Waals surface area contributed by atoms with Crippen LogP contribution in [-0.2, 0) is 4.79 Å². The minimum absolute atomic E-state index is 0.162. The van der Waals surface area contributed by atoms with Crippen molar-refractivity contribution in [3.63, 3.8) is 0 Å². The van der Waals surface area contributed by atoms with Crippen molar-refractivity contribution in [1.82, 2.24) is 0 Å². The van der Waals surface area contributed by atoms with Gasteiger partial charge >= 0.3 is 0 Å². The zero-order valence-electron chi connectivity index (χ0n) is 13.6. The lowest BCUT2D eigenvalue weighted by Gasteiger charge is -2.10. The van der Waals surface area contributed by atoms with Crippen LogP contribution in [0.25, 0.3) is 10.8 Å². The molecule has 0 saturated heterocycles. The Morgan fingerprint density at radius 2 is 1.58 bits per heavy atom. The lowest BCUT2D eigenvalue weighted by molar-refractivity contribution is -0.114. The van der Waals surface area contributed by atoms with E-state index < -0.39 is 0 Å². The van der Waals surface area contributed by atoms with Gasteiger partial charge in [-0.3, -0.25) is 9.59 Å². The summed E-state index contributed by atoms with van der Waals surface area (Å²) in [6, 6.07) is 19.0. The Balaban J connectivity index is 1.84. The summed E-state index contributed by atoms with van der Waals surface area (Å²) < 4.78 is 0. The Labute approximate surface area is 140 Å². The molecular weight excluding hydrogens is 300 g/mol. The summed E-state index contributed by atoms with van der Waals surface area (Å²) in [5.74, 6) is -0.373. The van der Waals surface area contributed by atoms with Crippen LogP contribution in [-0.4, -0.2) is 11.8 Å². The smallest absolute Gasteiger partial charge is 0.255 e. The van der Waals surface area contributed by atoms with Gasteiger partial charge in [0.25, 0.3) is 5.91 Å². The van der Waals surface area contributed by atoms with Crippen LogP contribution < -0.4 is 10.6 Å². The van der Waals surface area contributed by atoms with Gasteiger partial charge in [0.2, 0.25) is 5.91 Å². The molecule has 24 heavy (non-hydrogen) atoms. The highest BCUT2D eigenvalue weighted by atomic mass is 16.2. The number of fused-ring (bicyclic) bond motifs is 1. The summed E-state index contributed by atoms with van der Waals surface area (Å²) in [6.07, 6.45) is 0. The van der Waals surface area contributed by atoms with Crippen LogP contribution in [0, 0.1) is 6.92 Å². The molecule has 3 aromatic rings. The number of hydrogen-bond donors (Lipinski definition) is 2. The number of hydrogen-bond acceptors (Lipinski definition) is 2. The van der Waals surface area contributed by atoms with Gasteiger partial charge in [-0.15, -0.1) is 0 Å². The van der Waals surface area contributed by atoms with E-state index in [1.165, 1.54) is 6.92 Å². The minimum atomic E-state index is -0.211. The molecule has 0 aliphatic carbocycles. The number of rotatable bonds is 3. The van der Waals surface area contributed by atoms with Gasteiger partial charge in [-0.2, -0.15) is 0 Å². The number of anilines is 2. The highest BCUT2D eigenvalue weighted by Crippen LogP contribution is 2.21. The number of nitrogens with one attached hydrogen (secondary N) is 2. The third-order valence-corrected chi connectivity index (χ3v) is 3.82. The summed E-state index contributed by atoms with van der Waals surface area (Å²) in [7, 11) is 0. The Bertz CT molecular complexity index is 932. The zero-order valence-corrected chi connectivity index (χ0v) is 13.6. The molecule has 0 saturated carbocycles. The predicted octanol–water partition coefficient (Wildman–Crippen LogP) is 4.36. The molecule has 4 heteroatoms. The van der Waals surface area contributed by atoms with Crippen LogP contribution in [0.4, 0.5) is 11.4 Å². The van der Waals surface area contributed by atoms with Gasteiger partial charge in [0.05, 0.1) is 0 Å². The molecule has 0 aliphatic heterocycles. The van der Waals surface area contributed by atoms with Crippen molar-refractivity contribution in [3.05, 3.63) is 71.8 Å². The molecule has 0 spiro atoms. The van der Waals surface area contributed by atoms with E-state index >= 15 is 0 Å². The largest absolute Gasteiger partial charge is 0.326 e. The Morgan fingerprint density at radius 3 is 2.33 bits per heavy atom. The monoisotopic (exact) mass is 318 g/mol. The van der Waals surface area contributed by atoms with Crippen molar-refractivity contribution < 1.29 is 9.59 Å². The molecule has 2 amide bonds. The third kappa shape index (κ3) is 3.43. The molecule has 0 unspecified atom stereocenters. The molecular formula is C20H18N2O2. The average molecular weight is 318 g/mol. The molecule has 3 aromatic carbocycles. The van der Waals surface area contributed by atoms with Gasteiger partial charge in [-0.1, -0.05) is 36.4 Å². The maximum absolute atomic E-state index is 12.5. The first-order chi connectivity index (χ1) is 11.5. The molecule has 2 N–H and O–H groups in total. The number of carbonyl (C=O) groups excluding carboxylic acids is 2. The van der Waals surface area contributed by atoms with Gasteiger partial charge < -0.3 is 10.6 Å². The normalized spacial score (nSPS) is 10.4. The van der Waals surface area contributed by atoms with Crippen LogP contribution in [0.5, 0.6) is 0 Å². The fraction of sp³-hybridized carbons (Fsp3) is 0.100. The van der Waals surface area contributed by atoms with E-state index in [1.54, 1.807) is 12.1 Å². The molecule has 0 aromatic heterocycles. The van der Waals surface area contributed by atoms with E-state index in [2.05, 4.69) is 10.6 Å². The topological polar surface area (TPSA) is 58.2 Å². The first-order valence-electron chi connectivity index (χ1n) is 7.71. The van der Waals surface area contributed by atoms with Crippen LogP contribution >= 0.6 is 0 Å². The number of aryl methyl sites for hydroxylation is 1. The van der Waals surface area contributed by atoms with Crippen LogP contribution in [0.1, 0.15) is 22.8 Å². The van der Waals surface area contributed by atoms with Gasteiger partial charge in [-0.05, 0) is 47.5 Å². The molecule has 120 valence electrons. The fourth-order valence-corrected chi connectivity index (χ4v) is 2.56. The van der Waals surface area contributed by atoms with Crippen LogP contribution in [0.15, 0.2) is 60.7 Å². The number of amides is 2. The van der Waals surface area contributed by atoms with Gasteiger partial charge in [-0.25, -0.2) is 0 Å². The molecule has 4 nitrogen and oxygen atoms in total. The maximum atomic E-state index is 12.5. The Kier molecular flexibility index (Phi) is 4.29. The maximum Gasteiger partial charge on any atom is 0.255 e. The molecule has 0 fully saturated rings. The molecule has 0 bridgehead atoms. The third-order valence-electron chi connectivity index (χ3n) is 3.82. The van der Waals surface area contributed by atoms with E-state index in [0.29, 0.717) is 11.3 Å². The fourth-order valence-electron chi connectivity index (χ4n) is 2.56. The quantitative estimate of drug-likeness (QED) is 0.754. The molecule has 3 rings (SSSR count). The van der Waals surface area contributed by atoms with Crippen LogP contribution in [0.3, 0.4) is 0 Å². The second-order valence-electron chi connectivity index (χ2n) is 5.73. The van der Waals surface area contributed by atoms with Crippen molar-refractivity contribution in [2.45, 2.75) is 13.8 Å². The summed E-state index contributed by atoms with van der Waals surface area (Å²) in [5, 5.41) is 7.83. The van der Waals surface area contributed by atoms with Crippen molar-refractivity contribution in [1.29, 1.82) is 0 Å². The lowest BCUT2D eigenvalue weighted by atomic mass is 10.1. The predicted molar refractivity (Wildman–Crippen MR) is 97.4 cm³/mol. The average Bonchev–Trinajstić information content (AvgIpc) is 2.56. The molecule has 0 atom stereocenters. The SMILES string of the molecule is CC(=O)Nc1cc(C(=O)Nc2ccc3ccccc3c2)ccc1C. The minimum Gasteiger partial charge on any atom is -0.326 e. The highest BCUT2D eigenvalue weighted by Gasteiger charge is 2.09. The molecule has 0 aliphatic rings. The first kappa shape index (κ1) is 15.7.